The Balaban J connectivity index is 1.14. The second-order valence-corrected chi connectivity index (χ2v) is 12.6. The summed E-state index contributed by atoms with van der Waals surface area (Å²) >= 11 is 0. The number of hydrogen-bond acceptors (Lipinski definition) is 8. The van der Waals surface area contributed by atoms with Gasteiger partial charge in [0.05, 0.1) is 32.0 Å². The van der Waals surface area contributed by atoms with Gasteiger partial charge in [-0.2, -0.15) is 0 Å². The first kappa shape index (κ1) is 33.3. The summed E-state index contributed by atoms with van der Waals surface area (Å²) < 4.78 is 25.1. The third-order valence-corrected chi connectivity index (χ3v) is 9.29. The molecule has 6 rings (SSSR count). The fourth-order valence-electron chi connectivity index (χ4n) is 6.64. The summed E-state index contributed by atoms with van der Waals surface area (Å²) in [6.45, 7) is 4.24. The molecule has 10 heteroatoms. The fraction of sp³-hybridized carbons (Fsp3) is 0.459. The maximum absolute atomic E-state index is 12.3. The van der Waals surface area contributed by atoms with Crippen LogP contribution in [-0.2, 0) is 41.7 Å². The molecule has 0 aromatic heterocycles. The number of piperidine rings is 1. The molecule has 0 aliphatic carbocycles. The van der Waals surface area contributed by atoms with Crippen molar-refractivity contribution in [3.63, 3.8) is 0 Å². The quantitative estimate of drug-likeness (QED) is 0.247. The van der Waals surface area contributed by atoms with Crippen LogP contribution in [0.1, 0.15) is 73.2 Å². The fourth-order valence-corrected chi connectivity index (χ4v) is 6.64. The Kier molecular flexibility index (Phi) is 11.0. The van der Waals surface area contributed by atoms with Crippen molar-refractivity contribution in [2.45, 2.75) is 76.0 Å². The number of carboxylic acid groups (broad SMARTS) is 1. The summed E-state index contributed by atoms with van der Waals surface area (Å²) in [6.07, 6.45) is 2.13. The standard InChI is InChI=1S/C37H44N2O8/c40-25-26-8-10-28(11-9-26)33-22-31(24-39-18-16-37(17-19-39)44-20-21-45-37)46-36(47-33)29-14-12-27(13-15-29)32-5-2-1-4-30(32)23-38-34(41)6-3-7-35(42)43/h1-2,4-5,8-15,31,33,36,40H,3,6-7,16-25H2,(H,38,41)(H,42,43)/t31-,33+,36+/m1/s1. The highest BCUT2D eigenvalue weighted by Crippen LogP contribution is 2.39. The number of likely N-dealkylation sites (tertiary alicyclic amines) is 1. The number of benzene rings is 3. The van der Waals surface area contributed by atoms with E-state index in [9.17, 15) is 14.7 Å². The zero-order valence-electron chi connectivity index (χ0n) is 26.6. The predicted octanol–water partition coefficient (Wildman–Crippen LogP) is 5.10. The summed E-state index contributed by atoms with van der Waals surface area (Å²) in [4.78, 5) is 25.5. The molecule has 3 atom stereocenters. The molecule has 0 unspecified atom stereocenters. The van der Waals surface area contributed by atoms with E-state index in [-0.39, 0.29) is 37.6 Å². The Morgan fingerprint density at radius 2 is 1.57 bits per heavy atom. The number of rotatable bonds is 12. The van der Waals surface area contributed by atoms with Gasteiger partial charge in [0.15, 0.2) is 12.1 Å². The molecule has 1 amide bonds. The molecule has 0 radical (unpaired) electrons. The summed E-state index contributed by atoms with van der Waals surface area (Å²) in [5, 5.41) is 21.3. The van der Waals surface area contributed by atoms with Crippen molar-refractivity contribution in [1.29, 1.82) is 0 Å². The van der Waals surface area contributed by atoms with Gasteiger partial charge in [0.2, 0.25) is 5.91 Å². The van der Waals surface area contributed by atoms with Crippen LogP contribution in [0.25, 0.3) is 11.1 Å². The molecule has 1 spiro atoms. The van der Waals surface area contributed by atoms with Crippen molar-refractivity contribution in [3.8, 4) is 11.1 Å². The largest absolute Gasteiger partial charge is 0.481 e. The lowest BCUT2D eigenvalue weighted by atomic mass is 9.97. The minimum atomic E-state index is -0.900. The molecule has 0 bridgehead atoms. The summed E-state index contributed by atoms with van der Waals surface area (Å²) in [5.41, 5.74) is 5.83. The van der Waals surface area contributed by atoms with E-state index in [2.05, 4.69) is 22.3 Å². The highest BCUT2D eigenvalue weighted by Gasteiger charge is 2.41. The molecule has 47 heavy (non-hydrogen) atoms. The Hall–Kier alpha value is -3.64. The second kappa shape index (κ2) is 15.5. The van der Waals surface area contributed by atoms with Gasteiger partial charge in [0.1, 0.15) is 0 Å². The Morgan fingerprint density at radius 1 is 0.872 bits per heavy atom. The third-order valence-electron chi connectivity index (χ3n) is 9.29. The first-order valence-electron chi connectivity index (χ1n) is 16.6. The Morgan fingerprint density at radius 3 is 2.28 bits per heavy atom. The van der Waals surface area contributed by atoms with Gasteiger partial charge in [0, 0.05) is 63.8 Å². The molecule has 10 nitrogen and oxygen atoms in total. The molecule has 250 valence electrons. The molecule has 3 saturated heterocycles. The number of carbonyl (C=O) groups is 2. The second-order valence-electron chi connectivity index (χ2n) is 12.6. The minimum Gasteiger partial charge on any atom is -0.481 e. The Labute approximate surface area is 275 Å². The summed E-state index contributed by atoms with van der Waals surface area (Å²) in [7, 11) is 0. The topological polar surface area (TPSA) is 127 Å². The summed E-state index contributed by atoms with van der Waals surface area (Å²) in [5.74, 6) is -1.48. The molecular weight excluding hydrogens is 600 g/mol. The van der Waals surface area contributed by atoms with Crippen LogP contribution in [0.3, 0.4) is 0 Å². The van der Waals surface area contributed by atoms with Crippen molar-refractivity contribution in [2.24, 2.45) is 0 Å². The van der Waals surface area contributed by atoms with Gasteiger partial charge in [-0.3, -0.25) is 9.59 Å². The highest BCUT2D eigenvalue weighted by molar-refractivity contribution is 5.77. The highest BCUT2D eigenvalue weighted by atomic mass is 16.7. The molecule has 3 aromatic rings. The van der Waals surface area contributed by atoms with E-state index < -0.39 is 18.0 Å². The number of hydrogen-bond donors (Lipinski definition) is 3. The van der Waals surface area contributed by atoms with E-state index >= 15 is 0 Å². The minimum absolute atomic E-state index is 0.00130. The monoisotopic (exact) mass is 644 g/mol. The maximum Gasteiger partial charge on any atom is 0.303 e. The lowest BCUT2D eigenvalue weighted by Gasteiger charge is -2.41. The van der Waals surface area contributed by atoms with E-state index in [0.29, 0.717) is 26.2 Å². The van der Waals surface area contributed by atoms with Crippen LogP contribution in [-0.4, -0.2) is 71.7 Å². The number of aliphatic hydroxyl groups is 1. The van der Waals surface area contributed by atoms with E-state index in [1.165, 1.54) is 0 Å². The molecule has 0 saturated carbocycles. The average molecular weight is 645 g/mol. The smallest absolute Gasteiger partial charge is 0.303 e. The molecule has 3 N–H and O–H groups in total. The molecule has 3 fully saturated rings. The van der Waals surface area contributed by atoms with Crippen LogP contribution in [0.15, 0.2) is 72.8 Å². The average Bonchev–Trinajstić information content (AvgIpc) is 3.56. The van der Waals surface area contributed by atoms with Crippen LogP contribution in [0.5, 0.6) is 0 Å². The maximum atomic E-state index is 12.3. The van der Waals surface area contributed by atoms with Crippen molar-refractivity contribution in [3.05, 3.63) is 95.1 Å². The molecule has 3 aliphatic heterocycles. The molecule has 3 aliphatic rings. The normalized spacial score (nSPS) is 22.7. The van der Waals surface area contributed by atoms with Gasteiger partial charge < -0.3 is 39.4 Å². The number of aliphatic carboxylic acids is 1. The number of carboxylic acids is 1. The predicted molar refractivity (Wildman–Crippen MR) is 174 cm³/mol. The molecular formula is C37H44N2O8. The number of aliphatic hydroxyl groups excluding tert-OH is 1. The lowest BCUT2D eigenvalue weighted by molar-refractivity contribution is -0.255. The van der Waals surface area contributed by atoms with Gasteiger partial charge in [-0.05, 0) is 34.2 Å². The van der Waals surface area contributed by atoms with Crippen LogP contribution >= 0.6 is 0 Å². The number of nitrogens with zero attached hydrogens (tertiary/aromatic N) is 1. The van der Waals surface area contributed by atoms with E-state index in [1.807, 2.05) is 60.7 Å². The van der Waals surface area contributed by atoms with Gasteiger partial charge in [-0.1, -0.05) is 72.8 Å². The van der Waals surface area contributed by atoms with Gasteiger partial charge >= 0.3 is 5.97 Å². The lowest BCUT2D eigenvalue weighted by Crippen LogP contribution is -2.48. The summed E-state index contributed by atoms with van der Waals surface area (Å²) in [6, 6.07) is 24.0. The van der Waals surface area contributed by atoms with E-state index in [0.717, 1.165) is 72.3 Å². The Bertz CT molecular complexity index is 1480. The first-order valence-corrected chi connectivity index (χ1v) is 16.6. The van der Waals surface area contributed by atoms with Crippen LogP contribution in [0.4, 0.5) is 0 Å². The zero-order valence-corrected chi connectivity index (χ0v) is 26.6. The number of nitrogens with one attached hydrogen (secondary N) is 1. The van der Waals surface area contributed by atoms with Crippen LogP contribution < -0.4 is 5.32 Å². The van der Waals surface area contributed by atoms with E-state index in [1.54, 1.807) is 0 Å². The molecule has 3 heterocycles. The number of amides is 1. The van der Waals surface area contributed by atoms with Crippen molar-refractivity contribution in [2.75, 3.05) is 32.8 Å². The van der Waals surface area contributed by atoms with Crippen molar-refractivity contribution < 1.29 is 38.7 Å². The van der Waals surface area contributed by atoms with Gasteiger partial charge in [0.25, 0.3) is 0 Å². The molecule has 3 aromatic carbocycles. The van der Waals surface area contributed by atoms with Crippen molar-refractivity contribution >= 4 is 11.9 Å². The first-order chi connectivity index (χ1) is 22.9. The van der Waals surface area contributed by atoms with Gasteiger partial charge in [-0.25, -0.2) is 0 Å². The van der Waals surface area contributed by atoms with Crippen LogP contribution in [0, 0.1) is 0 Å². The number of ether oxygens (including phenoxy) is 4. The van der Waals surface area contributed by atoms with Gasteiger partial charge in [-0.15, -0.1) is 0 Å². The third kappa shape index (κ3) is 8.64. The van der Waals surface area contributed by atoms with Crippen molar-refractivity contribution in [1.82, 2.24) is 10.2 Å². The zero-order chi connectivity index (χ0) is 32.6. The number of carbonyl (C=O) groups excluding carboxylic acids is 1. The SMILES string of the molecule is O=C(O)CCCC(=O)NCc1ccccc1-c1ccc([C@H]2O[C@@H](CN3CCC4(CC3)OCCO4)C[C@@H](c3ccc(CO)cc3)O2)cc1. The van der Waals surface area contributed by atoms with Crippen LogP contribution in [0.2, 0.25) is 0 Å². The van der Waals surface area contributed by atoms with E-state index in [4.69, 9.17) is 24.1 Å².